The Kier molecular flexibility index (Phi) is 5.62. The molecule has 0 radical (unpaired) electrons. The van der Waals surface area contributed by atoms with Gasteiger partial charge in [0.2, 0.25) is 5.88 Å². The van der Waals surface area contributed by atoms with Crippen molar-refractivity contribution in [1.29, 1.82) is 0 Å². The smallest absolute Gasteiger partial charge is 0.270 e. The zero-order valence-corrected chi connectivity index (χ0v) is 19.9. The van der Waals surface area contributed by atoms with Crippen LogP contribution in [0, 0.1) is 12.8 Å². The SMILES string of the molecule is Cc1nn2c(O)c(C(=O)NC3CC3)c(=O)n(CC(C)C)c2c1/C=C/C(=O)N1CCc2cncnc21. The van der Waals surface area contributed by atoms with Crippen LogP contribution in [0.1, 0.15) is 53.9 Å². The summed E-state index contributed by atoms with van der Waals surface area (Å²) in [5, 5.41) is 18.1. The quantitative estimate of drug-likeness (QED) is 0.513. The van der Waals surface area contributed by atoms with Gasteiger partial charge in [-0.05, 0) is 38.2 Å². The van der Waals surface area contributed by atoms with Crippen molar-refractivity contribution in [1.82, 2.24) is 29.5 Å². The lowest BCUT2D eigenvalue weighted by atomic mass is 10.1. The highest BCUT2D eigenvalue weighted by molar-refractivity contribution is 6.05. The largest absolute Gasteiger partial charge is 0.492 e. The van der Waals surface area contributed by atoms with E-state index in [1.807, 2.05) is 13.8 Å². The fraction of sp³-hybridized carbons (Fsp3) is 0.417. The lowest BCUT2D eigenvalue weighted by Crippen LogP contribution is -2.36. The fourth-order valence-corrected chi connectivity index (χ4v) is 4.35. The Morgan fingerprint density at radius 2 is 2.09 bits per heavy atom. The van der Waals surface area contributed by atoms with Crippen LogP contribution >= 0.6 is 0 Å². The van der Waals surface area contributed by atoms with Gasteiger partial charge in [-0.15, -0.1) is 0 Å². The molecular formula is C24H27N7O4. The second-order valence-corrected chi connectivity index (χ2v) is 9.44. The first-order chi connectivity index (χ1) is 16.8. The zero-order valence-electron chi connectivity index (χ0n) is 19.9. The molecule has 11 heteroatoms. The lowest BCUT2D eigenvalue weighted by molar-refractivity contribution is -0.114. The van der Waals surface area contributed by atoms with E-state index in [2.05, 4.69) is 20.4 Å². The van der Waals surface area contributed by atoms with Gasteiger partial charge in [-0.1, -0.05) is 13.8 Å². The fourth-order valence-electron chi connectivity index (χ4n) is 4.35. The minimum absolute atomic E-state index is 0.0281. The average molecular weight is 478 g/mol. The van der Waals surface area contributed by atoms with Crippen LogP contribution < -0.4 is 15.8 Å². The summed E-state index contributed by atoms with van der Waals surface area (Å²) < 4.78 is 2.66. The third kappa shape index (κ3) is 4.07. The van der Waals surface area contributed by atoms with Gasteiger partial charge in [0.05, 0.1) is 5.69 Å². The Labute approximate surface area is 201 Å². The molecule has 0 aromatic carbocycles. The number of fused-ring (bicyclic) bond motifs is 2. The van der Waals surface area contributed by atoms with Gasteiger partial charge < -0.3 is 10.4 Å². The molecule has 0 unspecified atom stereocenters. The van der Waals surface area contributed by atoms with Crippen molar-refractivity contribution >= 4 is 29.4 Å². The second kappa shape index (κ2) is 8.64. The van der Waals surface area contributed by atoms with Gasteiger partial charge in [0.1, 0.15) is 17.8 Å². The normalized spacial score (nSPS) is 15.4. The lowest BCUT2D eigenvalue weighted by Gasteiger charge is -2.15. The summed E-state index contributed by atoms with van der Waals surface area (Å²) >= 11 is 0. The molecule has 182 valence electrons. The number of amides is 2. The summed E-state index contributed by atoms with van der Waals surface area (Å²) in [4.78, 5) is 49.0. The van der Waals surface area contributed by atoms with E-state index in [-0.39, 0.29) is 23.4 Å². The molecule has 4 heterocycles. The van der Waals surface area contributed by atoms with E-state index in [4.69, 9.17) is 0 Å². The molecule has 3 aromatic heterocycles. The van der Waals surface area contributed by atoms with E-state index < -0.39 is 17.3 Å². The van der Waals surface area contributed by atoms with E-state index >= 15 is 0 Å². The minimum atomic E-state index is -0.607. The van der Waals surface area contributed by atoms with Crippen molar-refractivity contribution in [2.45, 2.75) is 52.6 Å². The third-order valence-corrected chi connectivity index (χ3v) is 6.19. The Hall–Kier alpha value is -4.02. The first kappa shape index (κ1) is 22.8. The number of hydrogen-bond acceptors (Lipinski definition) is 7. The Bertz CT molecular complexity index is 1430. The van der Waals surface area contributed by atoms with Crippen LogP contribution in [0.3, 0.4) is 0 Å². The van der Waals surface area contributed by atoms with Crippen LogP contribution in [-0.2, 0) is 17.8 Å². The van der Waals surface area contributed by atoms with Crippen LogP contribution in [0.25, 0.3) is 11.7 Å². The molecule has 1 fully saturated rings. The van der Waals surface area contributed by atoms with Crippen LogP contribution in [0.2, 0.25) is 0 Å². The van der Waals surface area contributed by atoms with Gasteiger partial charge in [0.25, 0.3) is 17.4 Å². The molecule has 0 saturated heterocycles. The summed E-state index contributed by atoms with van der Waals surface area (Å²) in [5.74, 6) is -0.711. The molecule has 2 N–H and O–H groups in total. The summed E-state index contributed by atoms with van der Waals surface area (Å²) in [6.45, 7) is 6.44. The van der Waals surface area contributed by atoms with Gasteiger partial charge in [0.15, 0.2) is 5.56 Å². The highest BCUT2D eigenvalue weighted by atomic mass is 16.3. The molecule has 11 nitrogen and oxygen atoms in total. The van der Waals surface area contributed by atoms with Crippen molar-refractivity contribution in [3.8, 4) is 5.88 Å². The van der Waals surface area contributed by atoms with Gasteiger partial charge in [-0.25, -0.2) is 9.97 Å². The molecule has 5 rings (SSSR count). The molecule has 0 bridgehead atoms. The average Bonchev–Trinajstić information content (AvgIpc) is 3.41. The maximum atomic E-state index is 13.4. The molecule has 1 saturated carbocycles. The van der Waals surface area contributed by atoms with Gasteiger partial charge in [-0.2, -0.15) is 9.61 Å². The topological polar surface area (TPSA) is 135 Å². The van der Waals surface area contributed by atoms with Crippen LogP contribution in [0.4, 0.5) is 5.82 Å². The van der Waals surface area contributed by atoms with Crippen LogP contribution in [0.15, 0.2) is 23.4 Å². The molecule has 0 atom stereocenters. The van der Waals surface area contributed by atoms with Crippen molar-refractivity contribution in [3.05, 3.63) is 51.3 Å². The summed E-state index contributed by atoms with van der Waals surface area (Å²) in [5.41, 5.74) is 1.34. The molecule has 2 aliphatic rings. The number of carbonyl (C=O) groups is 2. The number of anilines is 1. The molecule has 1 aliphatic carbocycles. The Morgan fingerprint density at radius 3 is 2.80 bits per heavy atom. The van der Waals surface area contributed by atoms with Crippen LogP contribution in [-0.4, -0.2) is 53.7 Å². The second-order valence-electron chi connectivity index (χ2n) is 9.44. The highest BCUT2D eigenvalue weighted by Gasteiger charge is 2.30. The van der Waals surface area contributed by atoms with Gasteiger partial charge >= 0.3 is 0 Å². The number of aryl methyl sites for hydroxylation is 1. The molecule has 2 amide bonds. The number of aromatic nitrogens is 5. The van der Waals surface area contributed by atoms with E-state index in [0.717, 1.165) is 18.4 Å². The van der Waals surface area contributed by atoms with Crippen LogP contribution in [0.5, 0.6) is 5.88 Å². The first-order valence-electron chi connectivity index (χ1n) is 11.7. The maximum absolute atomic E-state index is 13.4. The Morgan fingerprint density at radius 1 is 1.31 bits per heavy atom. The van der Waals surface area contributed by atoms with E-state index in [1.165, 1.54) is 21.5 Å². The number of carbonyl (C=O) groups excluding carboxylic acids is 2. The predicted molar refractivity (Wildman–Crippen MR) is 128 cm³/mol. The molecule has 1 aliphatic heterocycles. The summed E-state index contributed by atoms with van der Waals surface area (Å²) in [7, 11) is 0. The predicted octanol–water partition coefficient (Wildman–Crippen LogP) is 1.45. The van der Waals surface area contributed by atoms with Crippen molar-refractivity contribution < 1.29 is 14.7 Å². The zero-order chi connectivity index (χ0) is 24.9. The third-order valence-electron chi connectivity index (χ3n) is 6.19. The molecule has 35 heavy (non-hydrogen) atoms. The van der Waals surface area contributed by atoms with E-state index in [1.54, 1.807) is 24.1 Å². The van der Waals surface area contributed by atoms with Crippen molar-refractivity contribution in [3.63, 3.8) is 0 Å². The van der Waals surface area contributed by atoms with Crippen molar-refractivity contribution in [2.24, 2.45) is 5.92 Å². The Balaban J connectivity index is 1.58. The van der Waals surface area contributed by atoms with Crippen molar-refractivity contribution in [2.75, 3.05) is 11.4 Å². The summed E-state index contributed by atoms with van der Waals surface area (Å²) in [6, 6.07) is 0.0281. The molecule has 0 spiro atoms. The molecular weight excluding hydrogens is 450 g/mol. The number of nitrogens with zero attached hydrogens (tertiary/aromatic N) is 6. The number of rotatable bonds is 6. The van der Waals surface area contributed by atoms with E-state index in [9.17, 15) is 19.5 Å². The monoisotopic (exact) mass is 477 g/mol. The number of nitrogens with one attached hydrogen (secondary N) is 1. The highest BCUT2D eigenvalue weighted by Crippen LogP contribution is 2.27. The molecule has 3 aromatic rings. The standard InChI is InChI=1S/C24H27N7O4/c1-13(2)11-30-22-17(6-7-18(32)29-9-8-15-10-25-12-26-20(15)29)14(3)28-31(22)24(35)19(23(30)34)21(33)27-16-4-5-16/h6-7,10,12-13,16,35H,4-5,8-9,11H2,1-3H3,(H,27,33)/b7-6+. The maximum Gasteiger partial charge on any atom is 0.270 e. The van der Waals surface area contributed by atoms with Gasteiger partial charge in [-0.3, -0.25) is 23.9 Å². The first-order valence-corrected chi connectivity index (χ1v) is 11.7. The van der Waals surface area contributed by atoms with Gasteiger partial charge in [0, 0.05) is 42.5 Å². The summed E-state index contributed by atoms with van der Waals surface area (Å²) in [6.07, 6.45) is 8.51. The number of hydrogen-bond donors (Lipinski definition) is 2. The number of aromatic hydroxyl groups is 1. The van der Waals surface area contributed by atoms with E-state index in [0.29, 0.717) is 42.2 Å². The minimum Gasteiger partial charge on any atom is -0.492 e.